The fourth-order valence-electron chi connectivity index (χ4n) is 2.82. The highest BCUT2D eigenvalue weighted by atomic mass is 31.1. The van der Waals surface area contributed by atoms with Crippen LogP contribution in [0.5, 0.6) is 5.75 Å². The molecule has 0 spiro atoms. The minimum Gasteiger partial charge on any atom is -0.488 e. The van der Waals surface area contributed by atoms with Gasteiger partial charge in [-0.15, -0.1) is 0 Å². The zero-order valence-electron chi connectivity index (χ0n) is 15.4. The van der Waals surface area contributed by atoms with Gasteiger partial charge in [-0.05, 0) is 16.8 Å². The van der Waals surface area contributed by atoms with E-state index < -0.39 is 8.07 Å². The number of rotatable bonds is 6. The molecule has 0 aliphatic carbocycles. The van der Waals surface area contributed by atoms with Crippen molar-refractivity contribution in [3.63, 3.8) is 0 Å². The van der Waals surface area contributed by atoms with E-state index in [1.807, 2.05) is 30.3 Å². The van der Waals surface area contributed by atoms with Crippen molar-refractivity contribution in [1.82, 2.24) is 0 Å². The van der Waals surface area contributed by atoms with Gasteiger partial charge in [-0.3, -0.25) is 0 Å². The molecular weight excluding hydrogens is 358 g/mol. The van der Waals surface area contributed by atoms with Crippen LogP contribution in [0.4, 0.5) is 4.39 Å². The van der Waals surface area contributed by atoms with Crippen molar-refractivity contribution >= 4 is 32.5 Å². The molecule has 0 N–H and O–H groups in total. The van der Waals surface area contributed by atoms with Crippen LogP contribution in [0.3, 0.4) is 0 Å². The van der Waals surface area contributed by atoms with Crippen LogP contribution in [-0.4, -0.2) is 8.07 Å². The highest BCUT2D eigenvalue weighted by Crippen LogP contribution is 2.23. The van der Waals surface area contributed by atoms with Crippen LogP contribution in [0.15, 0.2) is 72.8 Å². The third-order valence-electron chi connectivity index (χ3n) is 4.19. The standard InChI is InChI=1S/C22H24FOPSi/c1-26(2,3)21-15-9-14-20(25-19-13-8-7-12-18(19)23)22(21)24-16-17-10-5-4-6-11-17/h4-15,25H,16H2,1-3H3. The van der Waals surface area contributed by atoms with E-state index in [4.69, 9.17) is 4.74 Å². The summed E-state index contributed by atoms with van der Waals surface area (Å²) in [5.74, 6) is 0.787. The Balaban J connectivity index is 1.96. The predicted octanol–water partition coefficient (Wildman–Crippen LogP) is 4.58. The Morgan fingerprint density at radius 2 is 1.46 bits per heavy atom. The zero-order valence-corrected chi connectivity index (χ0v) is 17.4. The molecule has 0 bridgehead atoms. The Kier molecular flexibility index (Phi) is 5.90. The van der Waals surface area contributed by atoms with E-state index in [0.29, 0.717) is 6.61 Å². The molecule has 4 heteroatoms. The maximum absolute atomic E-state index is 14.2. The number of hydrogen-bond acceptors (Lipinski definition) is 1. The van der Waals surface area contributed by atoms with Crippen LogP contribution in [-0.2, 0) is 6.61 Å². The maximum Gasteiger partial charge on any atom is 0.130 e. The largest absolute Gasteiger partial charge is 0.488 e. The van der Waals surface area contributed by atoms with E-state index in [0.717, 1.165) is 21.9 Å². The van der Waals surface area contributed by atoms with E-state index in [9.17, 15) is 4.39 Å². The van der Waals surface area contributed by atoms with E-state index in [1.165, 1.54) is 11.3 Å². The van der Waals surface area contributed by atoms with Crippen molar-refractivity contribution < 1.29 is 9.13 Å². The van der Waals surface area contributed by atoms with Crippen molar-refractivity contribution in [2.24, 2.45) is 0 Å². The van der Waals surface area contributed by atoms with E-state index in [2.05, 4.69) is 50.0 Å². The quantitative estimate of drug-likeness (QED) is 0.448. The van der Waals surface area contributed by atoms with Crippen LogP contribution in [0.1, 0.15) is 5.56 Å². The molecule has 1 nitrogen and oxygen atoms in total. The first-order chi connectivity index (χ1) is 12.4. The summed E-state index contributed by atoms with van der Waals surface area (Å²) < 4.78 is 20.5. The third-order valence-corrected chi connectivity index (χ3v) is 7.54. The number of ether oxygens (including phenoxy) is 1. The summed E-state index contributed by atoms with van der Waals surface area (Å²) in [6, 6.07) is 23.5. The Morgan fingerprint density at radius 1 is 0.808 bits per heavy atom. The molecule has 0 aliphatic rings. The molecule has 0 saturated carbocycles. The fraction of sp³-hybridized carbons (Fsp3) is 0.182. The number of halogens is 1. The van der Waals surface area contributed by atoms with Crippen LogP contribution in [0.25, 0.3) is 0 Å². The summed E-state index contributed by atoms with van der Waals surface area (Å²) >= 11 is 0. The first kappa shape index (κ1) is 18.8. The van der Waals surface area contributed by atoms with Gasteiger partial charge in [0.05, 0.1) is 8.07 Å². The molecule has 0 radical (unpaired) electrons. The Morgan fingerprint density at radius 3 is 2.15 bits per heavy atom. The molecule has 0 aliphatic heterocycles. The van der Waals surface area contributed by atoms with Crippen LogP contribution in [0, 0.1) is 5.82 Å². The second kappa shape index (κ2) is 8.16. The van der Waals surface area contributed by atoms with Crippen molar-refractivity contribution in [1.29, 1.82) is 0 Å². The SMILES string of the molecule is C[Si](C)(C)c1cccc(Pc2ccccc2F)c1OCc1ccccc1. The lowest BCUT2D eigenvalue weighted by Crippen LogP contribution is -2.40. The normalized spacial score (nSPS) is 11.8. The van der Waals surface area contributed by atoms with E-state index >= 15 is 0 Å². The molecule has 0 heterocycles. The average molecular weight is 382 g/mol. The van der Waals surface area contributed by atoms with Gasteiger partial charge >= 0.3 is 0 Å². The molecule has 1 unspecified atom stereocenters. The van der Waals surface area contributed by atoms with Gasteiger partial charge in [0.2, 0.25) is 0 Å². The number of hydrogen-bond donors (Lipinski definition) is 0. The van der Waals surface area contributed by atoms with Gasteiger partial charge in [0.1, 0.15) is 18.2 Å². The van der Waals surface area contributed by atoms with Crippen molar-refractivity contribution in [3.8, 4) is 5.75 Å². The summed E-state index contributed by atoms with van der Waals surface area (Å²) in [5.41, 5.74) is 1.14. The minimum atomic E-state index is -1.59. The van der Waals surface area contributed by atoms with Crippen molar-refractivity contribution in [2.75, 3.05) is 0 Å². The minimum absolute atomic E-state index is 0.154. The van der Waals surface area contributed by atoms with Gasteiger partial charge in [0, 0.05) is 10.6 Å². The molecular formula is C22H24FOPSi. The number of para-hydroxylation sites is 1. The highest BCUT2D eigenvalue weighted by molar-refractivity contribution is 7.55. The average Bonchev–Trinajstić information content (AvgIpc) is 2.62. The molecule has 0 saturated heterocycles. The van der Waals surface area contributed by atoms with Crippen molar-refractivity contribution in [3.05, 3.63) is 84.2 Å². The smallest absolute Gasteiger partial charge is 0.130 e. The molecule has 0 aromatic heterocycles. The first-order valence-electron chi connectivity index (χ1n) is 8.77. The molecule has 0 fully saturated rings. The molecule has 134 valence electrons. The van der Waals surface area contributed by atoms with Gasteiger partial charge in [0.15, 0.2) is 0 Å². The van der Waals surface area contributed by atoms with Gasteiger partial charge in [-0.2, -0.15) is 0 Å². The summed E-state index contributed by atoms with van der Waals surface area (Å²) in [6.45, 7) is 7.46. The first-order valence-corrected chi connectivity index (χ1v) is 13.3. The maximum atomic E-state index is 14.2. The van der Waals surface area contributed by atoms with Gasteiger partial charge in [-0.25, -0.2) is 4.39 Å². The van der Waals surface area contributed by atoms with E-state index in [-0.39, 0.29) is 14.4 Å². The lowest BCUT2D eigenvalue weighted by molar-refractivity contribution is 0.311. The Labute approximate surface area is 158 Å². The summed E-state index contributed by atoms with van der Waals surface area (Å²) in [5, 5.41) is 3.09. The molecule has 1 atom stereocenters. The molecule has 0 amide bonds. The van der Waals surface area contributed by atoms with Gasteiger partial charge < -0.3 is 4.74 Å². The molecule has 3 aromatic rings. The molecule has 3 rings (SSSR count). The summed E-state index contributed by atoms with van der Waals surface area (Å²) in [4.78, 5) is 0. The van der Waals surface area contributed by atoms with Crippen LogP contribution < -0.4 is 20.5 Å². The van der Waals surface area contributed by atoms with Crippen LogP contribution in [0.2, 0.25) is 19.6 Å². The topological polar surface area (TPSA) is 9.23 Å². The zero-order chi connectivity index (χ0) is 18.6. The van der Waals surface area contributed by atoms with Crippen LogP contribution >= 0.6 is 8.58 Å². The summed E-state index contributed by atoms with van der Waals surface area (Å²) in [7, 11) is -1.35. The Bertz CT molecular complexity index is 875. The fourth-order valence-corrected chi connectivity index (χ4v) is 5.60. The summed E-state index contributed by atoms with van der Waals surface area (Å²) in [6.07, 6.45) is 0. The van der Waals surface area contributed by atoms with E-state index in [1.54, 1.807) is 6.07 Å². The lowest BCUT2D eigenvalue weighted by Gasteiger charge is -2.23. The Hall–Kier alpha value is -1.96. The monoisotopic (exact) mass is 382 g/mol. The molecule has 26 heavy (non-hydrogen) atoms. The highest BCUT2D eigenvalue weighted by Gasteiger charge is 2.23. The predicted molar refractivity (Wildman–Crippen MR) is 114 cm³/mol. The van der Waals surface area contributed by atoms with Gasteiger partial charge in [0.25, 0.3) is 0 Å². The van der Waals surface area contributed by atoms with Gasteiger partial charge in [-0.1, -0.05) is 95.0 Å². The third kappa shape index (κ3) is 4.60. The number of benzene rings is 3. The second-order valence-electron chi connectivity index (χ2n) is 7.31. The van der Waals surface area contributed by atoms with Crippen molar-refractivity contribution in [2.45, 2.75) is 26.2 Å². The second-order valence-corrected chi connectivity index (χ2v) is 13.7. The lowest BCUT2D eigenvalue weighted by atomic mass is 10.2. The molecule has 3 aromatic carbocycles.